The Balaban J connectivity index is 2.85. The fraction of sp³-hybridized carbons (Fsp3) is 0.400. The number of allylic oxidation sites excluding steroid dienone is 1. The molecule has 1 rings (SSSR count). The third kappa shape index (κ3) is 2.36. The predicted molar refractivity (Wildman–Crippen MR) is 58.0 cm³/mol. The standard InChI is InChI=1S/C10H13ClS/c1-3-9(7-11)6-10-4-5-12-8(10)2/h4-6H,3,7H2,1-2H3/b9-6-. The Bertz CT molecular complexity index is 267. The van der Waals surface area contributed by atoms with E-state index < -0.39 is 0 Å². The number of alkyl halides is 1. The molecule has 0 radical (unpaired) electrons. The molecule has 0 N–H and O–H groups in total. The fourth-order valence-corrected chi connectivity index (χ4v) is 1.95. The lowest BCUT2D eigenvalue weighted by Gasteiger charge is -1.97. The van der Waals surface area contributed by atoms with Crippen LogP contribution < -0.4 is 0 Å². The molecule has 66 valence electrons. The van der Waals surface area contributed by atoms with Crippen LogP contribution in [0.4, 0.5) is 0 Å². The Morgan fingerprint density at radius 3 is 2.83 bits per heavy atom. The van der Waals surface area contributed by atoms with Crippen LogP contribution in [0, 0.1) is 6.92 Å². The quantitative estimate of drug-likeness (QED) is 0.645. The van der Waals surface area contributed by atoms with E-state index in [2.05, 4.69) is 31.4 Å². The van der Waals surface area contributed by atoms with E-state index >= 15 is 0 Å². The van der Waals surface area contributed by atoms with Gasteiger partial charge in [-0.05, 0) is 30.4 Å². The van der Waals surface area contributed by atoms with Crippen LogP contribution in [0.5, 0.6) is 0 Å². The van der Waals surface area contributed by atoms with E-state index in [1.807, 2.05) is 0 Å². The zero-order valence-corrected chi connectivity index (χ0v) is 9.00. The molecule has 0 atom stereocenters. The summed E-state index contributed by atoms with van der Waals surface area (Å²) in [6.07, 6.45) is 3.23. The van der Waals surface area contributed by atoms with Crippen molar-refractivity contribution in [3.8, 4) is 0 Å². The lowest BCUT2D eigenvalue weighted by atomic mass is 10.1. The lowest BCUT2D eigenvalue weighted by Crippen LogP contribution is -1.81. The van der Waals surface area contributed by atoms with Gasteiger partial charge in [-0.15, -0.1) is 22.9 Å². The maximum atomic E-state index is 5.77. The summed E-state index contributed by atoms with van der Waals surface area (Å²) in [6.45, 7) is 4.27. The zero-order valence-electron chi connectivity index (χ0n) is 7.43. The number of hydrogen-bond donors (Lipinski definition) is 0. The molecule has 0 aliphatic heterocycles. The van der Waals surface area contributed by atoms with Crippen molar-refractivity contribution in [3.63, 3.8) is 0 Å². The average molecular weight is 201 g/mol. The lowest BCUT2D eigenvalue weighted by molar-refractivity contribution is 1.12. The summed E-state index contributed by atoms with van der Waals surface area (Å²) in [4.78, 5) is 1.37. The van der Waals surface area contributed by atoms with Gasteiger partial charge in [-0.25, -0.2) is 0 Å². The molecule has 0 bridgehead atoms. The molecule has 1 aromatic rings. The molecule has 0 nitrogen and oxygen atoms in total. The maximum Gasteiger partial charge on any atom is 0.0436 e. The highest BCUT2D eigenvalue weighted by Crippen LogP contribution is 2.19. The summed E-state index contributed by atoms with van der Waals surface area (Å²) in [5.74, 6) is 0.645. The number of halogens is 1. The Hall–Kier alpha value is -0.270. The third-order valence-corrected chi connectivity index (χ3v) is 3.09. The van der Waals surface area contributed by atoms with Crippen molar-refractivity contribution in [3.05, 3.63) is 27.5 Å². The van der Waals surface area contributed by atoms with Crippen molar-refractivity contribution in [2.24, 2.45) is 0 Å². The largest absolute Gasteiger partial charge is 0.149 e. The van der Waals surface area contributed by atoms with Gasteiger partial charge in [-0.1, -0.05) is 18.6 Å². The van der Waals surface area contributed by atoms with Crippen LogP contribution in [0.25, 0.3) is 6.08 Å². The molecule has 0 fully saturated rings. The molecule has 0 saturated carbocycles. The second kappa shape index (κ2) is 4.68. The Kier molecular flexibility index (Phi) is 3.83. The Labute approximate surface area is 82.9 Å². The van der Waals surface area contributed by atoms with Gasteiger partial charge in [0.25, 0.3) is 0 Å². The van der Waals surface area contributed by atoms with Crippen LogP contribution in [0.15, 0.2) is 17.0 Å². The highest BCUT2D eigenvalue weighted by atomic mass is 35.5. The monoisotopic (exact) mass is 200 g/mol. The van der Waals surface area contributed by atoms with E-state index in [-0.39, 0.29) is 0 Å². The Morgan fingerprint density at radius 1 is 1.67 bits per heavy atom. The fourth-order valence-electron chi connectivity index (χ4n) is 1.000. The first-order valence-corrected chi connectivity index (χ1v) is 5.48. The summed E-state index contributed by atoms with van der Waals surface area (Å²) in [7, 11) is 0. The molecule has 0 aromatic carbocycles. The molecule has 0 saturated heterocycles. The molecule has 2 heteroatoms. The molecule has 12 heavy (non-hydrogen) atoms. The molecular formula is C10H13ClS. The van der Waals surface area contributed by atoms with Crippen LogP contribution in [0.1, 0.15) is 23.8 Å². The molecular weight excluding hydrogens is 188 g/mol. The second-order valence-electron chi connectivity index (χ2n) is 2.72. The summed E-state index contributed by atoms with van der Waals surface area (Å²) in [5, 5.41) is 2.11. The van der Waals surface area contributed by atoms with Gasteiger partial charge in [-0.2, -0.15) is 0 Å². The van der Waals surface area contributed by atoms with Crippen molar-refractivity contribution in [1.82, 2.24) is 0 Å². The predicted octanol–water partition coefficient (Wildman–Crippen LogP) is 4.09. The van der Waals surface area contributed by atoms with Crippen LogP contribution in [-0.4, -0.2) is 5.88 Å². The Morgan fingerprint density at radius 2 is 2.42 bits per heavy atom. The third-order valence-electron chi connectivity index (χ3n) is 1.88. The smallest absolute Gasteiger partial charge is 0.0436 e. The number of rotatable bonds is 3. The number of aryl methyl sites for hydroxylation is 1. The number of thiophene rings is 1. The van der Waals surface area contributed by atoms with Gasteiger partial charge in [0, 0.05) is 10.8 Å². The molecule has 0 unspecified atom stereocenters. The van der Waals surface area contributed by atoms with Gasteiger partial charge < -0.3 is 0 Å². The first-order chi connectivity index (χ1) is 5.77. The first kappa shape index (κ1) is 9.82. The van der Waals surface area contributed by atoms with E-state index in [0.29, 0.717) is 5.88 Å². The second-order valence-corrected chi connectivity index (χ2v) is 4.11. The molecule has 1 heterocycles. The number of hydrogen-bond acceptors (Lipinski definition) is 1. The minimum Gasteiger partial charge on any atom is -0.149 e. The topological polar surface area (TPSA) is 0 Å². The van der Waals surface area contributed by atoms with E-state index in [1.165, 1.54) is 16.0 Å². The van der Waals surface area contributed by atoms with Crippen LogP contribution in [-0.2, 0) is 0 Å². The van der Waals surface area contributed by atoms with E-state index in [0.717, 1.165) is 6.42 Å². The van der Waals surface area contributed by atoms with E-state index in [4.69, 9.17) is 11.6 Å². The van der Waals surface area contributed by atoms with Crippen molar-refractivity contribution < 1.29 is 0 Å². The van der Waals surface area contributed by atoms with Crippen LogP contribution in [0.2, 0.25) is 0 Å². The molecule has 0 spiro atoms. The molecule has 0 amide bonds. The van der Waals surface area contributed by atoms with Crippen molar-refractivity contribution in [2.75, 3.05) is 5.88 Å². The normalized spacial score (nSPS) is 12.1. The zero-order chi connectivity index (χ0) is 8.97. The molecule has 0 aliphatic carbocycles. The average Bonchev–Trinajstić information content (AvgIpc) is 2.47. The van der Waals surface area contributed by atoms with Gasteiger partial charge in [0.2, 0.25) is 0 Å². The van der Waals surface area contributed by atoms with E-state index in [1.54, 1.807) is 11.3 Å². The van der Waals surface area contributed by atoms with E-state index in [9.17, 15) is 0 Å². The van der Waals surface area contributed by atoms with Gasteiger partial charge >= 0.3 is 0 Å². The maximum absolute atomic E-state index is 5.77. The molecule has 0 aliphatic rings. The van der Waals surface area contributed by atoms with Crippen LogP contribution >= 0.6 is 22.9 Å². The summed E-state index contributed by atoms with van der Waals surface area (Å²) < 4.78 is 0. The highest BCUT2D eigenvalue weighted by Gasteiger charge is 1.97. The van der Waals surface area contributed by atoms with Gasteiger partial charge in [-0.3, -0.25) is 0 Å². The summed E-state index contributed by atoms with van der Waals surface area (Å²) in [5.41, 5.74) is 2.62. The minimum atomic E-state index is 0.645. The van der Waals surface area contributed by atoms with Crippen molar-refractivity contribution in [1.29, 1.82) is 0 Å². The first-order valence-electron chi connectivity index (χ1n) is 4.07. The van der Waals surface area contributed by atoms with Gasteiger partial charge in [0.15, 0.2) is 0 Å². The van der Waals surface area contributed by atoms with Gasteiger partial charge in [0.05, 0.1) is 0 Å². The van der Waals surface area contributed by atoms with Crippen molar-refractivity contribution in [2.45, 2.75) is 20.3 Å². The summed E-state index contributed by atoms with van der Waals surface area (Å²) in [6, 6.07) is 2.14. The molecule has 1 aromatic heterocycles. The SMILES string of the molecule is CC/C(=C/c1ccsc1C)CCl. The highest BCUT2D eigenvalue weighted by molar-refractivity contribution is 7.10. The van der Waals surface area contributed by atoms with Gasteiger partial charge in [0.1, 0.15) is 0 Å². The summed E-state index contributed by atoms with van der Waals surface area (Å²) >= 11 is 7.55. The minimum absolute atomic E-state index is 0.645. The van der Waals surface area contributed by atoms with Crippen molar-refractivity contribution >= 4 is 29.0 Å². The van der Waals surface area contributed by atoms with Crippen LogP contribution in [0.3, 0.4) is 0 Å².